The number of alkyl halides is 3. The summed E-state index contributed by atoms with van der Waals surface area (Å²) in [6.07, 6.45) is -4.57. The number of carbonyl (C=O) groups is 1. The summed E-state index contributed by atoms with van der Waals surface area (Å²) in [5.74, 6) is -2.36. The number of carbonyl (C=O) groups excluding carboxylic acids is 1. The molecule has 4 nitrogen and oxygen atoms in total. The zero-order chi connectivity index (χ0) is 18.9. The fraction of sp³-hybridized carbons (Fsp3) is 0.0625. The highest BCUT2D eigenvalue weighted by Gasteiger charge is 2.35. The molecule has 0 aliphatic rings. The van der Waals surface area contributed by atoms with Gasteiger partial charge in [-0.05, 0) is 24.3 Å². The fourth-order valence-electron chi connectivity index (χ4n) is 2.00. The zero-order valence-corrected chi connectivity index (χ0v) is 13.5. The molecule has 3 aromatic rings. The molecule has 10 heteroatoms. The molecule has 0 saturated carbocycles. The van der Waals surface area contributed by atoms with Gasteiger partial charge in [-0.15, -0.1) is 10.2 Å². The van der Waals surface area contributed by atoms with E-state index in [1.807, 2.05) is 0 Å². The summed E-state index contributed by atoms with van der Waals surface area (Å²) in [4.78, 5) is 12.1. The topological polar surface area (TPSA) is 54.9 Å². The van der Waals surface area contributed by atoms with Crippen LogP contribution in [0.5, 0.6) is 0 Å². The molecule has 0 atom stereocenters. The van der Waals surface area contributed by atoms with Gasteiger partial charge in [-0.1, -0.05) is 23.5 Å². The molecule has 26 heavy (non-hydrogen) atoms. The SMILES string of the molecule is O=C(Nc1ccc(F)cc1F)c1ccc(-c2nnc(C(F)(F)F)s2)cc1. The Bertz CT molecular complexity index is 953. The van der Waals surface area contributed by atoms with Crippen LogP contribution in [0.15, 0.2) is 42.5 Å². The molecule has 2 aromatic carbocycles. The Labute approximate surface area is 147 Å². The molecule has 1 heterocycles. The third-order valence-electron chi connectivity index (χ3n) is 3.24. The maximum atomic E-state index is 13.6. The van der Waals surface area contributed by atoms with E-state index in [9.17, 15) is 26.7 Å². The quantitative estimate of drug-likeness (QED) is 0.662. The van der Waals surface area contributed by atoms with Crippen LogP contribution in [0.4, 0.5) is 27.6 Å². The predicted octanol–water partition coefficient (Wildman–Crippen LogP) is 4.75. The second-order valence-electron chi connectivity index (χ2n) is 5.07. The van der Waals surface area contributed by atoms with E-state index in [2.05, 4.69) is 15.5 Å². The van der Waals surface area contributed by atoms with Crippen molar-refractivity contribution in [2.75, 3.05) is 5.32 Å². The number of aromatic nitrogens is 2. The summed E-state index contributed by atoms with van der Waals surface area (Å²) in [5.41, 5.74) is 0.292. The van der Waals surface area contributed by atoms with Crippen molar-refractivity contribution in [1.29, 1.82) is 0 Å². The summed E-state index contributed by atoms with van der Waals surface area (Å²) in [6, 6.07) is 8.20. The molecular formula is C16H8F5N3OS. The maximum absolute atomic E-state index is 13.6. The lowest BCUT2D eigenvalue weighted by Crippen LogP contribution is -2.13. The van der Waals surface area contributed by atoms with E-state index in [1.54, 1.807) is 0 Å². The van der Waals surface area contributed by atoms with Gasteiger partial charge in [0.2, 0.25) is 5.01 Å². The first kappa shape index (κ1) is 17.9. The molecule has 0 aliphatic carbocycles. The van der Waals surface area contributed by atoms with Crippen molar-refractivity contribution >= 4 is 22.9 Å². The molecular weight excluding hydrogens is 377 g/mol. The minimum atomic E-state index is -4.57. The Hall–Kier alpha value is -2.88. The molecule has 0 saturated heterocycles. The normalized spacial score (nSPS) is 11.4. The van der Waals surface area contributed by atoms with Crippen LogP contribution in [0.2, 0.25) is 0 Å². The Balaban J connectivity index is 1.76. The Morgan fingerprint density at radius 1 is 1.00 bits per heavy atom. The first-order valence-corrected chi connectivity index (χ1v) is 7.83. The lowest BCUT2D eigenvalue weighted by Gasteiger charge is -2.07. The van der Waals surface area contributed by atoms with Crippen molar-refractivity contribution in [3.63, 3.8) is 0 Å². The zero-order valence-electron chi connectivity index (χ0n) is 12.6. The number of hydrogen-bond donors (Lipinski definition) is 1. The Kier molecular flexibility index (Phi) is 4.68. The van der Waals surface area contributed by atoms with Crippen molar-refractivity contribution in [3.8, 4) is 10.6 Å². The van der Waals surface area contributed by atoms with E-state index in [4.69, 9.17) is 0 Å². The van der Waals surface area contributed by atoms with Crippen LogP contribution in [0, 0.1) is 11.6 Å². The van der Waals surface area contributed by atoms with Crippen LogP contribution in [0.1, 0.15) is 15.4 Å². The average Bonchev–Trinajstić information content (AvgIpc) is 3.08. The number of halogens is 5. The Morgan fingerprint density at radius 2 is 1.69 bits per heavy atom. The number of rotatable bonds is 3. The van der Waals surface area contributed by atoms with Crippen LogP contribution >= 0.6 is 11.3 Å². The summed E-state index contributed by atoms with van der Waals surface area (Å²) in [7, 11) is 0. The van der Waals surface area contributed by atoms with Crippen molar-refractivity contribution in [2.24, 2.45) is 0 Å². The third-order valence-corrected chi connectivity index (χ3v) is 4.26. The van der Waals surface area contributed by atoms with Crippen LogP contribution in [-0.4, -0.2) is 16.1 Å². The van der Waals surface area contributed by atoms with Crippen molar-refractivity contribution in [2.45, 2.75) is 6.18 Å². The van der Waals surface area contributed by atoms with Gasteiger partial charge < -0.3 is 5.32 Å². The van der Waals surface area contributed by atoms with E-state index in [0.717, 1.165) is 12.1 Å². The van der Waals surface area contributed by atoms with Gasteiger partial charge in [0.05, 0.1) is 5.69 Å². The smallest absolute Gasteiger partial charge is 0.319 e. The summed E-state index contributed by atoms with van der Waals surface area (Å²) in [5, 5.41) is 7.83. The molecule has 134 valence electrons. The van der Waals surface area contributed by atoms with Gasteiger partial charge in [-0.25, -0.2) is 8.78 Å². The maximum Gasteiger partial charge on any atom is 0.445 e. The second kappa shape index (κ2) is 6.79. The van der Waals surface area contributed by atoms with Crippen LogP contribution in [-0.2, 0) is 6.18 Å². The van der Waals surface area contributed by atoms with E-state index < -0.39 is 28.7 Å². The van der Waals surface area contributed by atoms with Crippen LogP contribution in [0.3, 0.4) is 0 Å². The van der Waals surface area contributed by atoms with Crippen molar-refractivity contribution in [1.82, 2.24) is 10.2 Å². The molecule has 0 radical (unpaired) electrons. The molecule has 0 unspecified atom stereocenters. The highest BCUT2D eigenvalue weighted by molar-refractivity contribution is 7.14. The average molecular weight is 385 g/mol. The fourth-order valence-corrected chi connectivity index (χ4v) is 2.72. The molecule has 0 aliphatic heterocycles. The van der Waals surface area contributed by atoms with E-state index in [-0.39, 0.29) is 16.3 Å². The predicted molar refractivity (Wildman–Crippen MR) is 84.7 cm³/mol. The Morgan fingerprint density at radius 3 is 2.27 bits per heavy atom. The van der Waals surface area contributed by atoms with Gasteiger partial charge in [0.15, 0.2) is 0 Å². The van der Waals surface area contributed by atoms with E-state index in [1.165, 1.54) is 24.3 Å². The standard InChI is InChI=1S/C16H8F5N3OS/c17-10-5-6-12(11(18)7-10)22-13(25)8-1-3-9(4-2-8)14-23-24-15(26-14)16(19,20)21/h1-7H,(H,22,25). The van der Waals surface area contributed by atoms with Crippen molar-refractivity contribution < 1.29 is 26.7 Å². The molecule has 0 fully saturated rings. The largest absolute Gasteiger partial charge is 0.445 e. The highest BCUT2D eigenvalue weighted by Crippen LogP contribution is 2.34. The first-order chi connectivity index (χ1) is 12.2. The highest BCUT2D eigenvalue weighted by atomic mass is 32.1. The molecule has 1 amide bonds. The van der Waals surface area contributed by atoms with Gasteiger partial charge in [-0.3, -0.25) is 4.79 Å². The minimum absolute atomic E-state index is 0.0499. The number of benzene rings is 2. The lowest BCUT2D eigenvalue weighted by molar-refractivity contribution is -0.138. The molecule has 1 aromatic heterocycles. The number of nitrogens with one attached hydrogen (secondary N) is 1. The minimum Gasteiger partial charge on any atom is -0.319 e. The number of amides is 1. The summed E-state index contributed by atoms with van der Waals surface area (Å²) >= 11 is 0.380. The molecule has 0 bridgehead atoms. The van der Waals surface area contributed by atoms with Gasteiger partial charge in [0.1, 0.15) is 16.6 Å². The van der Waals surface area contributed by atoms with Crippen molar-refractivity contribution in [3.05, 3.63) is 64.7 Å². The third kappa shape index (κ3) is 3.85. The van der Waals surface area contributed by atoms with Gasteiger partial charge >= 0.3 is 6.18 Å². The molecule has 0 spiro atoms. The van der Waals surface area contributed by atoms with Crippen LogP contribution in [0.25, 0.3) is 10.6 Å². The molecule has 1 N–H and O–H groups in total. The number of hydrogen-bond acceptors (Lipinski definition) is 4. The number of nitrogens with zero attached hydrogens (tertiary/aromatic N) is 2. The van der Waals surface area contributed by atoms with Gasteiger partial charge in [-0.2, -0.15) is 13.2 Å². The van der Waals surface area contributed by atoms with E-state index in [0.29, 0.717) is 23.0 Å². The second-order valence-corrected chi connectivity index (χ2v) is 6.04. The van der Waals surface area contributed by atoms with Gasteiger partial charge in [0.25, 0.3) is 5.91 Å². The van der Waals surface area contributed by atoms with E-state index >= 15 is 0 Å². The van der Waals surface area contributed by atoms with Crippen LogP contribution < -0.4 is 5.32 Å². The number of anilines is 1. The summed E-state index contributed by atoms with van der Waals surface area (Å²) < 4.78 is 64.1. The molecule has 3 rings (SSSR count). The monoisotopic (exact) mass is 385 g/mol. The first-order valence-electron chi connectivity index (χ1n) is 7.01. The summed E-state index contributed by atoms with van der Waals surface area (Å²) in [6.45, 7) is 0. The lowest BCUT2D eigenvalue weighted by atomic mass is 10.1. The van der Waals surface area contributed by atoms with Gasteiger partial charge in [0, 0.05) is 17.2 Å².